The Morgan fingerprint density at radius 3 is 2.30 bits per heavy atom. The Bertz CT molecular complexity index is 889. The molecule has 30 heavy (non-hydrogen) atoms. The lowest BCUT2D eigenvalue weighted by molar-refractivity contribution is -0.132. The van der Waals surface area contributed by atoms with E-state index in [1.807, 2.05) is 35.2 Å². The first kappa shape index (κ1) is 20.9. The van der Waals surface area contributed by atoms with Crippen LogP contribution in [-0.2, 0) is 11.2 Å². The molecule has 0 bridgehead atoms. The molecule has 0 N–H and O–H groups in total. The minimum absolute atomic E-state index is 0.173. The summed E-state index contributed by atoms with van der Waals surface area (Å²) in [4.78, 5) is 29.7. The number of amides is 1. The summed E-state index contributed by atoms with van der Waals surface area (Å²) >= 11 is 0. The lowest BCUT2D eigenvalue weighted by Gasteiger charge is -2.34. The van der Waals surface area contributed by atoms with Crippen LogP contribution in [-0.4, -0.2) is 58.8 Å². The number of benzene rings is 1. The largest absolute Gasteiger partial charge is 0.345 e. The molecule has 5 heteroatoms. The second kappa shape index (κ2) is 9.17. The van der Waals surface area contributed by atoms with Crippen molar-refractivity contribution in [2.45, 2.75) is 52.0 Å². The third-order valence-corrected chi connectivity index (χ3v) is 6.76. The van der Waals surface area contributed by atoms with Crippen molar-refractivity contribution in [2.75, 3.05) is 32.7 Å². The van der Waals surface area contributed by atoms with E-state index in [0.29, 0.717) is 32.1 Å². The third kappa shape index (κ3) is 4.51. The molecule has 2 fully saturated rings. The van der Waals surface area contributed by atoms with Gasteiger partial charge in [-0.25, -0.2) is 0 Å². The summed E-state index contributed by atoms with van der Waals surface area (Å²) in [5.41, 5.74) is 4.26. The molecule has 2 heterocycles. The predicted octanol–water partition coefficient (Wildman–Crippen LogP) is 3.79. The van der Waals surface area contributed by atoms with Gasteiger partial charge in [-0.15, -0.1) is 0 Å². The van der Waals surface area contributed by atoms with Gasteiger partial charge < -0.3 is 9.47 Å². The van der Waals surface area contributed by atoms with Crippen LogP contribution >= 0.6 is 0 Å². The molecule has 0 unspecified atom stereocenters. The van der Waals surface area contributed by atoms with E-state index in [0.717, 1.165) is 29.9 Å². The lowest BCUT2D eigenvalue weighted by atomic mass is 10.1. The maximum Gasteiger partial charge on any atom is 0.227 e. The fraction of sp³-hybridized carbons (Fsp3) is 0.520. The van der Waals surface area contributed by atoms with Crippen molar-refractivity contribution in [3.63, 3.8) is 0 Å². The molecule has 2 aromatic rings. The summed E-state index contributed by atoms with van der Waals surface area (Å²) in [5, 5.41) is 0. The highest BCUT2D eigenvalue weighted by molar-refractivity contribution is 5.99. The van der Waals surface area contributed by atoms with Crippen LogP contribution in [0.3, 0.4) is 0 Å². The van der Waals surface area contributed by atoms with Crippen LogP contribution < -0.4 is 0 Å². The summed E-state index contributed by atoms with van der Waals surface area (Å²) in [5.74, 6) is 0.378. The van der Waals surface area contributed by atoms with Crippen molar-refractivity contribution in [3.8, 4) is 0 Å². The number of aromatic nitrogens is 1. The molecule has 1 saturated carbocycles. The standard InChI is InChI=1S/C25H33N3O2/c1-19-16-23(20(2)28(19)22-10-6-7-11-22)24(29)18-26-12-14-27(15-13-26)25(30)17-21-8-4-3-5-9-21/h3-5,8-9,16,22H,6-7,10-15,17-18H2,1-2H3. The fourth-order valence-corrected chi connectivity index (χ4v) is 5.11. The Morgan fingerprint density at radius 1 is 0.967 bits per heavy atom. The van der Waals surface area contributed by atoms with E-state index in [-0.39, 0.29) is 11.7 Å². The average Bonchev–Trinajstić information content (AvgIpc) is 3.37. The van der Waals surface area contributed by atoms with Crippen molar-refractivity contribution in [2.24, 2.45) is 0 Å². The molecule has 5 nitrogen and oxygen atoms in total. The quantitative estimate of drug-likeness (QED) is 0.685. The van der Waals surface area contributed by atoms with E-state index >= 15 is 0 Å². The van der Waals surface area contributed by atoms with E-state index in [2.05, 4.69) is 29.4 Å². The van der Waals surface area contributed by atoms with Gasteiger partial charge in [-0.3, -0.25) is 14.5 Å². The fourth-order valence-electron chi connectivity index (χ4n) is 5.11. The maximum absolute atomic E-state index is 13.0. The highest BCUT2D eigenvalue weighted by Crippen LogP contribution is 2.33. The maximum atomic E-state index is 13.0. The van der Waals surface area contributed by atoms with Crippen molar-refractivity contribution in [1.29, 1.82) is 0 Å². The SMILES string of the molecule is Cc1cc(C(=O)CN2CCN(C(=O)Cc3ccccc3)CC2)c(C)n1C1CCCC1. The average molecular weight is 408 g/mol. The van der Waals surface area contributed by atoms with Crippen LogP contribution in [0.25, 0.3) is 0 Å². The van der Waals surface area contributed by atoms with Gasteiger partial charge in [0.15, 0.2) is 5.78 Å². The van der Waals surface area contributed by atoms with Gasteiger partial charge in [0.1, 0.15) is 0 Å². The van der Waals surface area contributed by atoms with Crippen molar-refractivity contribution < 1.29 is 9.59 Å². The second-order valence-electron chi connectivity index (χ2n) is 8.84. The Labute approximate surface area is 179 Å². The summed E-state index contributed by atoms with van der Waals surface area (Å²) in [6.07, 6.45) is 5.48. The van der Waals surface area contributed by atoms with Crippen LogP contribution in [0.4, 0.5) is 0 Å². The number of nitrogens with zero attached hydrogens (tertiary/aromatic N) is 3. The van der Waals surface area contributed by atoms with Crippen LogP contribution in [0.2, 0.25) is 0 Å². The monoisotopic (exact) mass is 407 g/mol. The normalized spacial score (nSPS) is 18.1. The minimum Gasteiger partial charge on any atom is -0.345 e. The van der Waals surface area contributed by atoms with Crippen molar-refractivity contribution in [1.82, 2.24) is 14.4 Å². The van der Waals surface area contributed by atoms with E-state index in [4.69, 9.17) is 0 Å². The smallest absolute Gasteiger partial charge is 0.227 e. The molecule has 1 aliphatic carbocycles. The van der Waals surface area contributed by atoms with Gasteiger partial charge in [0.2, 0.25) is 5.91 Å². The number of aryl methyl sites for hydroxylation is 1. The zero-order chi connectivity index (χ0) is 21.1. The topological polar surface area (TPSA) is 45.6 Å². The highest BCUT2D eigenvalue weighted by Gasteiger charge is 2.26. The number of hydrogen-bond donors (Lipinski definition) is 0. The summed E-state index contributed by atoms with van der Waals surface area (Å²) in [6.45, 7) is 7.56. The van der Waals surface area contributed by atoms with Crippen molar-refractivity contribution >= 4 is 11.7 Å². The predicted molar refractivity (Wildman–Crippen MR) is 119 cm³/mol. The van der Waals surface area contributed by atoms with E-state index in [9.17, 15) is 9.59 Å². The first-order valence-corrected chi connectivity index (χ1v) is 11.3. The molecule has 0 atom stereocenters. The Morgan fingerprint density at radius 2 is 1.63 bits per heavy atom. The summed E-state index contributed by atoms with van der Waals surface area (Å²) in [7, 11) is 0. The zero-order valence-corrected chi connectivity index (χ0v) is 18.3. The molecule has 2 aliphatic rings. The molecule has 0 spiro atoms. The van der Waals surface area contributed by atoms with Gasteiger partial charge in [0, 0.05) is 49.2 Å². The Hall–Kier alpha value is -2.40. The van der Waals surface area contributed by atoms with Gasteiger partial charge in [-0.2, -0.15) is 0 Å². The molecule has 1 aliphatic heterocycles. The molecule has 0 radical (unpaired) electrons. The number of ketones is 1. The van der Waals surface area contributed by atoms with Gasteiger partial charge in [0.05, 0.1) is 13.0 Å². The summed E-state index contributed by atoms with van der Waals surface area (Å²) in [6, 6.07) is 12.5. The van der Waals surface area contributed by atoms with Crippen LogP contribution in [0.5, 0.6) is 0 Å². The third-order valence-electron chi connectivity index (χ3n) is 6.76. The number of rotatable bonds is 6. The number of piperazine rings is 1. The zero-order valence-electron chi connectivity index (χ0n) is 18.3. The Balaban J connectivity index is 1.31. The van der Waals surface area contributed by atoms with E-state index < -0.39 is 0 Å². The lowest BCUT2D eigenvalue weighted by Crippen LogP contribution is -2.50. The second-order valence-corrected chi connectivity index (χ2v) is 8.84. The Kier molecular flexibility index (Phi) is 6.38. The number of Topliss-reactive ketones (excluding diaryl/α,β-unsaturated/α-hetero) is 1. The first-order valence-electron chi connectivity index (χ1n) is 11.3. The van der Waals surface area contributed by atoms with Gasteiger partial charge in [-0.1, -0.05) is 43.2 Å². The van der Waals surface area contributed by atoms with Gasteiger partial charge in [0.25, 0.3) is 0 Å². The molecule has 1 aromatic heterocycles. The minimum atomic E-state index is 0.173. The van der Waals surface area contributed by atoms with E-state index in [1.165, 1.54) is 31.4 Å². The molecule has 4 rings (SSSR count). The number of carbonyl (C=O) groups excluding carboxylic acids is 2. The number of carbonyl (C=O) groups is 2. The first-order chi connectivity index (χ1) is 14.5. The van der Waals surface area contributed by atoms with Crippen LogP contribution in [0.1, 0.15) is 59.0 Å². The highest BCUT2D eigenvalue weighted by atomic mass is 16.2. The van der Waals surface area contributed by atoms with Gasteiger partial charge >= 0.3 is 0 Å². The molecular formula is C25H33N3O2. The molecule has 1 aromatic carbocycles. The summed E-state index contributed by atoms with van der Waals surface area (Å²) < 4.78 is 2.39. The number of hydrogen-bond acceptors (Lipinski definition) is 3. The van der Waals surface area contributed by atoms with Crippen LogP contribution in [0.15, 0.2) is 36.4 Å². The van der Waals surface area contributed by atoms with Gasteiger partial charge in [-0.05, 0) is 38.3 Å². The van der Waals surface area contributed by atoms with E-state index in [1.54, 1.807) is 0 Å². The molecule has 1 amide bonds. The molecular weight excluding hydrogens is 374 g/mol. The van der Waals surface area contributed by atoms with Crippen LogP contribution in [0, 0.1) is 13.8 Å². The molecule has 1 saturated heterocycles. The van der Waals surface area contributed by atoms with Crippen molar-refractivity contribution in [3.05, 3.63) is 58.9 Å². The molecule has 160 valence electrons.